The minimum Gasteiger partial charge on any atom is -0.319 e. The SMILES string of the molecule is CNCC1CCN(Cc2cncs2)C1.Cl. The molecule has 1 aliphatic rings. The minimum atomic E-state index is 0. The molecule has 0 bridgehead atoms. The summed E-state index contributed by atoms with van der Waals surface area (Å²) < 4.78 is 0. The number of likely N-dealkylation sites (tertiary alicyclic amines) is 1. The van der Waals surface area contributed by atoms with Crippen molar-refractivity contribution >= 4 is 23.7 Å². The van der Waals surface area contributed by atoms with Crippen molar-refractivity contribution in [3.05, 3.63) is 16.6 Å². The van der Waals surface area contributed by atoms with E-state index in [9.17, 15) is 0 Å². The molecule has 1 aliphatic heterocycles. The minimum absolute atomic E-state index is 0. The van der Waals surface area contributed by atoms with Gasteiger partial charge in [0.25, 0.3) is 0 Å². The molecule has 0 aliphatic carbocycles. The third-order valence-electron chi connectivity index (χ3n) is 2.73. The third-order valence-corrected chi connectivity index (χ3v) is 3.49. The molecule has 86 valence electrons. The zero-order valence-corrected chi connectivity index (χ0v) is 10.6. The Bertz CT molecular complexity index is 266. The van der Waals surface area contributed by atoms with Crippen LogP contribution in [0.2, 0.25) is 0 Å². The van der Waals surface area contributed by atoms with Gasteiger partial charge in [0.05, 0.1) is 5.51 Å². The van der Waals surface area contributed by atoms with Gasteiger partial charge in [-0.3, -0.25) is 9.88 Å². The molecule has 1 aromatic rings. The maximum absolute atomic E-state index is 4.10. The quantitative estimate of drug-likeness (QED) is 0.876. The molecule has 1 saturated heterocycles. The lowest BCUT2D eigenvalue weighted by atomic mass is 10.1. The van der Waals surface area contributed by atoms with E-state index in [0.29, 0.717) is 0 Å². The fraction of sp³-hybridized carbons (Fsp3) is 0.700. The Hall–Kier alpha value is -0.160. The number of thiazole rings is 1. The second-order valence-corrected chi connectivity index (χ2v) is 4.89. The van der Waals surface area contributed by atoms with E-state index in [-0.39, 0.29) is 12.4 Å². The Kier molecular flexibility index (Phi) is 5.53. The summed E-state index contributed by atoms with van der Waals surface area (Å²) in [5, 5.41) is 3.25. The van der Waals surface area contributed by atoms with Crippen LogP contribution in [0, 0.1) is 5.92 Å². The number of rotatable bonds is 4. The summed E-state index contributed by atoms with van der Waals surface area (Å²) in [5.41, 5.74) is 1.91. The van der Waals surface area contributed by atoms with E-state index in [1.54, 1.807) is 11.3 Å². The average molecular weight is 248 g/mol. The summed E-state index contributed by atoms with van der Waals surface area (Å²) in [6, 6.07) is 0. The van der Waals surface area contributed by atoms with Crippen molar-refractivity contribution in [1.82, 2.24) is 15.2 Å². The highest BCUT2D eigenvalue weighted by Crippen LogP contribution is 2.19. The van der Waals surface area contributed by atoms with Crippen molar-refractivity contribution in [3.63, 3.8) is 0 Å². The zero-order chi connectivity index (χ0) is 9.80. The highest BCUT2D eigenvalue weighted by Gasteiger charge is 2.21. The van der Waals surface area contributed by atoms with Crippen molar-refractivity contribution in [2.24, 2.45) is 5.92 Å². The normalized spacial score (nSPS) is 21.5. The standard InChI is InChI=1S/C10H17N3S.ClH/c1-11-4-9-2-3-13(6-9)7-10-5-12-8-14-10;/h5,8-9,11H,2-4,6-7H2,1H3;1H. The Morgan fingerprint density at radius 2 is 2.53 bits per heavy atom. The van der Waals surface area contributed by atoms with Gasteiger partial charge in [0, 0.05) is 24.2 Å². The topological polar surface area (TPSA) is 28.2 Å². The fourth-order valence-corrected chi connectivity index (χ4v) is 2.69. The fourth-order valence-electron chi connectivity index (χ4n) is 2.05. The summed E-state index contributed by atoms with van der Waals surface area (Å²) in [6.45, 7) is 4.72. The van der Waals surface area contributed by atoms with Crippen LogP contribution in [0.15, 0.2) is 11.7 Å². The maximum atomic E-state index is 4.10. The van der Waals surface area contributed by atoms with Crippen molar-refractivity contribution in [3.8, 4) is 0 Å². The molecule has 1 N–H and O–H groups in total. The molecule has 3 nitrogen and oxygen atoms in total. The molecule has 15 heavy (non-hydrogen) atoms. The van der Waals surface area contributed by atoms with Gasteiger partial charge in [-0.15, -0.1) is 23.7 Å². The molecule has 1 fully saturated rings. The molecule has 1 atom stereocenters. The van der Waals surface area contributed by atoms with Crippen LogP contribution in [0.5, 0.6) is 0 Å². The maximum Gasteiger partial charge on any atom is 0.0794 e. The van der Waals surface area contributed by atoms with E-state index in [4.69, 9.17) is 0 Å². The molecule has 1 aromatic heterocycles. The first-order chi connectivity index (χ1) is 6.88. The second kappa shape index (κ2) is 6.43. The van der Waals surface area contributed by atoms with Crippen LogP contribution >= 0.6 is 23.7 Å². The van der Waals surface area contributed by atoms with Crippen LogP contribution in [0.4, 0.5) is 0 Å². The number of nitrogens with zero attached hydrogens (tertiary/aromatic N) is 2. The third kappa shape index (κ3) is 3.72. The lowest BCUT2D eigenvalue weighted by molar-refractivity contribution is 0.318. The monoisotopic (exact) mass is 247 g/mol. The smallest absolute Gasteiger partial charge is 0.0794 e. The summed E-state index contributed by atoms with van der Waals surface area (Å²) in [4.78, 5) is 8.01. The van der Waals surface area contributed by atoms with Crippen LogP contribution < -0.4 is 5.32 Å². The van der Waals surface area contributed by atoms with Gasteiger partial charge < -0.3 is 5.32 Å². The van der Waals surface area contributed by atoms with Crippen LogP contribution in [0.3, 0.4) is 0 Å². The van der Waals surface area contributed by atoms with E-state index >= 15 is 0 Å². The van der Waals surface area contributed by atoms with E-state index in [1.807, 2.05) is 18.8 Å². The number of aromatic nitrogens is 1. The van der Waals surface area contributed by atoms with Crippen LogP contribution in [-0.2, 0) is 6.54 Å². The van der Waals surface area contributed by atoms with Gasteiger partial charge >= 0.3 is 0 Å². The predicted molar refractivity (Wildman–Crippen MR) is 66.7 cm³/mol. The van der Waals surface area contributed by atoms with Crippen molar-refractivity contribution < 1.29 is 0 Å². The summed E-state index contributed by atoms with van der Waals surface area (Å²) >= 11 is 1.76. The Morgan fingerprint density at radius 1 is 1.67 bits per heavy atom. The Morgan fingerprint density at radius 3 is 3.20 bits per heavy atom. The van der Waals surface area contributed by atoms with Crippen molar-refractivity contribution in [2.75, 3.05) is 26.7 Å². The van der Waals surface area contributed by atoms with Crippen molar-refractivity contribution in [2.45, 2.75) is 13.0 Å². The molecule has 1 unspecified atom stereocenters. The molecular formula is C10H18ClN3S. The van der Waals surface area contributed by atoms with Gasteiger partial charge in [-0.25, -0.2) is 0 Å². The highest BCUT2D eigenvalue weighted by atomic mass is 35.5. The summed E-state index contributed by atoms with van der Waals surface area (Å²) in [6.07, 6.45) is 3.32. The second-order valence-electron chi connectivity index (χ2n) is 3.92. The average Bonchev–Trinajstić information content (AvgIpc) is 2.79. The first kappa shape index (κ1) is 12.9. The molecule has 0 amide bonds. The van der Waals surface area contributed by atoms with Gasteiger partial charge in [0.15, 0.2) is 0 Å². The van der Waals surface area contributed by atoms with E-state index in [1.165, 1.54) is 24.4 Å². The molecule has 0 saturated carbocycles. The summed E-state index contributed by atoms with van der Waals surface area (Å²) in [5.74, 6) is 0.841. The van der Waals surface area contributed by atoms with Gasteiger partial charge in [-0.05, 0) is 32.5 Å². The van der Waals surface area contributed by atoms with Crippen LogP contribution in [0.25, 0.3) is 0 Å². The molecule has 5 heteroatoms. The lowest BCUT2D eigenvalue weighted by Gasteiger charge is -2.14. The summed E-state index contributed by atoms with van der Waals surface area (Å²) in [7, 11) is 2.03. The largest absolute Gasteiger partial charge is 0.319 e. The van der Waals surface area contributed by atoms with Gasteiger partial charge in [0.1, 0.15) is 0 Å². The van der Waals surface area contributed by atoms with E-state index in [0.717, 1.165) is 19.0 Å². The molecule has 0 radical (unpaired) electrons. The van der Waals surface area contributed by atoms with Gasteiger partial charge in [-0.1, -0.05) is 0 Å². The number of hydrogen-bond donors (Lipinski definition) is 1. The van der Waals surface area contributed by atoms with Gasteiger partial charge in [-0.2, -0.15) is 0 Å². The highest BCUT2D eigenvalue weighted by molar-refractivity contribution is 7.09. The molecule has 2 heterocycles. The van der Waals surface area contributed by atoms with Crippen molar-refractivity contribution in [1.29, 1.82) is 0 Å². The zero-order valence-electron chi connectivity index (χ0n) is 8.98. The predicted octanol–water partition coefficient (Wildman–Crippen LogP) is 1.61. The van der Waals surface area contributed by atoms with Gasteiger partial charge in [0.2, 0.25) is 0 Å². The number of halogens is 1. The molecular weight excluding hydrogens is 230 g/mol. The molecule has 0 aromatic carbocycles. The van der Waals surface area contributed by atoms with E-state index < -0.39 is 0 Å². The number of hydrogen-bond acceptors (Lipinski definition) is 4. The van der Waals surface area contributed by atoms with E-state index in [2.05, 4.69) is 15.2 Å². The molecule has 0 spiro atoms. The molecule has 2 rings (SSSR count). The first-order valence-electron chi connectivity index (χ1n) is 5.13. The van der Waals surface area contributed by atoms with Crippen LogP contribution in [-0.4, -0.2) is 36.6 Å². The van der Waals surface area contributed by atoms with Crippen LogP contribution in [0.1, 0.15) is 11.3 Å². The Balaban J connectivity index is 0.00000112. The first-order valence-corrected chi connectivity index (χ1v) is 6.01. The lowest BCUT2D eigenvalue weighted by Crippen LogP contribution is -2.24. The number of nitrogens with one attached hydrogen (secondary N) is 1. The Labute approximate surface area is 101 Å².